The van der Waals surface area contributed by atoms with Crippen LogP contribution in [0.4, 0.5) is 11.4 Å². The van der Waals surface area contributed by atoms with E-state index in [1.54, 1.807) is 72.8 Å². The van der Waals surface area contributed by atoms with Crippen LogP contribution in [0.2, 0.25) is 0 Å². The number of hydrogen-bond donors (Lipinski definition) is 3. The Hall–Kier alpha value is -5.15. The third-order valence-electron chi connectivity index (χ3n) is 8.49. The zero-order valence-electron chi connectivity index (χ0n) is 27.7. The molecule has 1 saturated carbocycles. The number of aryl methyl sites for hydroxylation is 1. The van der Waals surface area contributed by atoms with Crippen LogP contribution >= 0.6 is 0 Å². The van der Waals surface area contributed by atoms with Gasteiger partial charge in [-0.1, -0.05) is 66.2 Å². The van der Waals surface area contributed by atoms with Crippen LogP contribution in [0.1, 0.15) is 49.8 Å². The SMILES string of the molecule is CCOc1ccccc1NC(=O)C1C(=O)CC(C)(O)C(C(=O)Nc2ccccc2OCC)C1c1cccc(OCc2ccc(C)cc2)c1. The Bertz CT molecular complexity index is 1750. The lowest BCUT2D eigenvalue weighted by molar-refractivity contribution is -0.150. The number of Topliss-reactive ketones (excluding diaryl/α,β-unsaturated/α-hetero) is 1. The quantitative estimate of drug-likeness (QED) is 0.146. The summed E-state index contributed by atoms with van der Waals surface area (Å²) in [6.45, 7) is 8.20. The van der Waals surface area contributed by atoms with Gasteiger partial charge in [0.2, 0.25) is 11.8 Å². The molecule has 9 heteroatoms. The van der Waals surface area contributed by atoms with Gasteiger partial charge in [-0.05, 0) is 75.2 Å². The van der Waals surface area contributed by atoms with E-state index in [4.69, 9.17) is 14.2 Å². The van der Waals surface area contributed by atoms with Gasteiger partial charge in [0.15, 0.2) is 0 Å². The van der Waals surface area contributed by atoms with Gasteiger partial charge in [0, 0.05) is 12.3 Å². The Labute approximate surface area is 281 Å². The number of nitrogens with one attached hydrogen (secondary N) is 2. The third kappa shape index (κ3) is 7.86. The van der Waals surface area contributed by atoms with E-state index in [9.17, 15) is 19.5 Å². The van der Waals surface area contributed by atoms with Gasteiger partial charge in [0.05, 0.1) is 36.1 Å². The number of benzene rings is 4. The van der Waals surface area contributed by atoms with Crippen molar-refractivity contribution in [3.63, 3.8) is 0 Å². The lowest BCUT2D eigenvalue weighted by atomic mass is 9.61. The first-order valence-electron chi connectivity index (χ1n) is 16.2. The molecule has 9 nitrogen and oxygen atoms in total. The summed E-state index contributed by atoms with van der Waals surface area (Å²) in [5.41, 5.74) is 1.63. The van der Waals surface area contributed by atoms with Gasteiger partial charge in [-0.25, -0.2) is 0 Å². The average Bonchev–Trinajstić information content (AvgIpc) is 3.06. The molecule has 0 saturated heterocycles. The highest BCUT2D eigenvalue weighted by molar-refractivity contribution is 6.11. The summed E-state index contributed by atoms with van der Waals surface area (Å²) in [6, 6.07) is 28.9. The van der Waals surface area contributed by atoms with E-state index in [-0.39, 0.29) is 0 Å². The Balaban J connectivity index is 1.55. The van der Waals surface area contributed by atoms with Crippen molar-refractivity contribution in [1.82, 2.24) is 0 Å². The summed E-state index contributed by atoms with van der Waals surface area (Å²) in [5.74, 6) is -3.82. The largest absolute Gasteiger partial charge is 0.492 e. The van der Waals surface area contributed by atoms with Crippen molar-refractivity contribution in [3.8, 4) is 17.2 Å². The number of hydrogen-bond acceptors (Lipinski definition) is 7. The van der Waals surface area contributed by atoms with Crippen LogP contribution in [-0.4, -0.2) is 41.5 Å². The average molecular weight is 651 g/mol. The molecule has 5 rings (SSSR count). The van der Waals surface area contributed by atoms with Crippen molar-refractivity contribution in [3.05, 3.63) is 114 Å². The van der Waals surface area contributed by atoms with E-state index in [0.717, 1.165) is 11.1 Å². The standard InChI is InChI=1S/C39H42N2O7/c1-5-46-32-16-9-7-14-29(32)40-37(43)35-31(42)23-39(4,45)36(38(44)41-30-15-8-10-17-33(30)47-6-2)34(35)27-12-11-13-28(22-27)48-24-26-20-18-25(3)19-21-26/h7-22,34-36,45H,5-6,23-24H2,1-4H3,(H,40,43)(H,41,44). The van der Waals surface area contributed by atoms with Gasteiger partial charge < -0.3 is 30.0 Å². The van der Waals surface area contributed by atoms with Gasteiger partial charge in [-0.3, -0.25) is 14.4 Å². The van der Waals surface area contributed by atoms with E-state index in [2.05, 4.69) is 10.6 Å². The first-order valence-corrected chi connectivity index (χ1v) is 16.2. The number of carbonyl (C=O) groups excluding carboxylic acids is 3. The number of ketones is 1. The predicted molar refractivity (Wildman–Crippen MR) is 184 cm³/mol. The second-order valence-electron chi connectivity index (χ2n) is 12.2. The van der Waals surface area contributed by atoms with E-state index < -0.39 is 47.4 Å². The normalized spacial score (nSPS) is 20.4. The van der Waals surface area contributed by atoms with Gasteiger partial charge in [0.25, 0.3) is 0 Å². The molecule has 1 aliphatic carbocycles. The number of amides is 2. The zero-order chi connectivity index (χ0) is 34.3. The minimum Gasteiger partial charge on any atom is -0.492 e. The maximum atomic E-state index is 14.3. The molecule has 3 N–H and O–H groups in total. The second-order valence-corrected chi connectivity index (χ2v) is 12.2. The van der Waals surface area contributed by atoms with Crippen LogP contribution in [-0.2, 0) is 21.0 Å². The maximum Gasteiger partial charge on any atom is 0.235 e. The Morgan fingerprint density at radius 3 is 1.98 bits per heavy atom. The summed E-state index contributed by atoms with van der Waals surface area (Å²) in [7, 11) is 0. The number of para-hydroxylation sites is 4. The molecule has 4 aromatic carbocycles. The highest BCUT2D eigenvalue weighted by atomic mass is 16.5. The molecule has 250 valence electrons. The predicted octanol–water partition coefficient (Wildman–Crippen LogP) is 6.69. The molecular formula is C39H42N2O7. The summed E-state index contributed by atoms with van der Waals surface area (Å²) in [4.78, 5) is 42.4. The van der Waals surface area contributed by atoms with Crippen molar-refractivity contribution in [1.29, 1.82) is 0 Å². The molecule has 0 aromatic heterocycles. The van der Waals surface area contributed by atoms with Crippen LogP contribution < -0.4 is 24.8 Å². The van der Waals surface area contributed by atoms with E-state index in [0.29, 0.717) is 54.0 Å². The van der Waals surface area contributed by atoms with Gasteiger partial charge >= 0.3 is 0 Å². The van der Waals surface area contributed by atoms with E-state index in [1.807, 2.05) is 45.0 Å². The smallest absolute Gasteiger partial charge is 0.235 e. The maximum absolute atomic E-state index is 14.3. The molecule has 1 fully saturated rings. The third-order valence-corrected chi connectivity index (χ3v) is 8.49. The molecule has 48 heavy (non-hydrogen) atoms. The fourth-order valence-electron chi connectivity index (χ4n) is 6.28. The van der Waals surface area contributed by atoms with Crippen molar-refractivity contribution >= 4 is 29.0 Å². The topological polar surface area (TPSA) is 123 Å². The fraction of sp³-hybridized carbons (Fsp3) is 0.308. The van der Waals surface area contributed by atoms with Crippen LogP contribution in [0.15, 0.2) is 97.1 Å². The van der Waals surface area contributed by atoms with Crippen molar-refractivity contribution in [2.24, 2.45) is 11.8 Å². The number of anilines is 2. The fourth-order valence-corrected chi connectivity index (χ4v) is 6.28. The van der Waals surface area contributed by atoms with Crippen molar-refractivity contribution in [2.75, 3.05) is 23.8 Å². The number of ether oxygens (including phenoxy) is 3. The summed E-state index contributed by atoms with van der Waals surface area (Å²) in [5, 5.41) is 17.6. The van der Waals surface area contributed by atoms with Crippen LogP contribution in [0, 0.1) is 18.8 Å². The summed E-state index contributed by atoms with van der Waals surface area (Å²) < 4.78 is 17.6. The second kappa shape index (κ2) is 15.2. The first-order chi connectivity index (χ1) is 23.1. The van der Waals surface area contributed by atoms with Crippen molar-refractivity contribution in [2.45, 2.75) is 52.2 Å². The van der Waals surface area contributed by atoms with Crippen LogP contribution in [0.25, 0.3) is 0 Å². The van der Waals surface area contributed by atoms with Gasteiger partial charge in [-0.2, -0.15) is 0 Å². The molecule has 4 aromatic rings. The van der Waals surface area contributed by atoms with Crippen molar-refractivity contribution < 1.29 is 33.7 Å². The van der Waals surface area contributed by atoms with Crippen LogP contribution in [0.5, 0.6) is 17.2 Å². The first kappa shape index (κ1) is 34.2. The lowest BCUT2D eigenvalue weighted by Crippen LogP contribution is -2.56. The molecular weight excluding hydrogens is 608 g/mol. The van der Waals surface area contributed by atoms with Crippen LogP contribution in [0.3, 0.4) is 0 Å². The number of rotatable bonds is 12. The van der Waals surface area contributed by atoms with Gasteiger partial charge in [0.1, 0.15) is 35.6 Å². The highest BCUT2D eigenvalue weighted by Crippen LogP contribution is 2.47. The molecule has 0 spiro atoms. The minimum atomic E-state index is -1.79. The number of aliphatic hydroxyl groups is 1. The molecule has 0 bridgehead atoms. The zero-order valence-corrected chi connectivity index (χ0v) is 27.7. The molecule has 1 aliphatic rings. The Kier molecular flexibility index (Phi) is 10.8. The van der Waals surface area contributed by atoms with Gasteiger partial charge in [-0.15, -0.1) is 0 Å². The molecule has 4 atom stereocenters. The molecule has 2 amide bonds. The van der Waals surface area contributed by atoms with E-state index >= 15 is 0 Å². The molecule has 0 radical (unpaired) electrons. The molecule has 4 unspecified atom stereocenters. The Morgan fingerprint density at radius 2 is 1.38 bits per heavy atom. The lowest BCUT2D eigenvalue weighted by Gasteiger charge is -2.44. The minimum absolute atomic E-state index is 0.293. The highest BCUT2D eigenvalue weighted by Gasteiger charge is 2.56. The summed E-state index contributed by atoms with van der Waals surface area (Å²) in [6.07, 6.45) is -0.399. The Morgan fingerprint density at radius 1 is 0.792 bits per heavy atom. The summed E-state index contributed by atoms with van der Waals surface area (Å²) >= 11 is 0. The number of carbonyl (C=O) groups is 3. The molecule has 0 heterocycles. The van der Waals surface area contributed by atoms with E-state index in [1.165, 1.54) is 6.92 Å². The monoisotopic (exact) mass is 650 g/mol. The molecule has 0 aliphatic heterocycles.